The number of ether oxygens (including phenoxy) is 1. The standard InChI is InChI=1S/C21H24F2N2O5S.ClH/c1-20(22,23)9-8-15-2-7-18(24-14-15)16-3-5-17(6-4-16)31(28,29)21(19(26)25-27)10-12-30-13-11-21;/h2-7,14,27H,8-13H2,1H3,(H,25,26);1H. The van der Waals surface area contributed by atoms with Gasteiger partial charge in [0, 0.05) is 31.4 Å². The summed E-state index contributed by atoms with van der Waals surface area (Å²) in [6.45, 7) is 1.05. The normalized spacial score (nSPS) is 16.1. The topological polar surface area (TPSA) is 106 Å². The number of nitrogens with zero attached hydrogens (tertiary/aromatic N) is 1. The second-order valence-electron chi connectivity index (χ2n) is 7.70. The van der Waals surface area contributed by atoms with Crippen molar-refractivity contribution in [2.45, 2.75) is 48.2 Å². The van der Waals surface area contributed by atoms with Crippen LogP contribution in [0.2, 0.25) is 0 Å². The smallest absolute Gasteiger partial charge is 0.265 e. The van der Waals surface area contributed by atoms with Crippen LogP contribution in [0, 0.1) is 0 Å². The molecule has 7 nitrogen and oxygen atoms in total. The lowest BCUT2D eigenvalue weighted by Crippen LogP contribution is -2.54. The van der Waals surface area contributed by atoms with E-state index in [9.17, 15) is 22.0 Å². The van der Waals surface area contributed by atoms with Gasteiger partial charge < -0.3 is 4.74 Å². The van der Waals surface area contributed by atoms with Crippen molar-refractivity contribution in [2.24, 2.45) is 0 Å². The molecule has 1 aromatic heterocycles. The number of aromatic nitrogens is 1. The number of hydrogen-bond acceptors (Lipinski definition) is 6. The number of rotatable bonds is 7. The van der Waals surface area contributed by atoms with E-state index in [0.29, 0.717) is 16.8 Å². The minimum absolute atomic E-state index is 0. The molecule has 1 fully saturated rings. The largest absolute Gasteiger partial charge is 0.381 e. The van der Waals surface area contributed by atoms with Crippen molar-refractivity contribution in [1.82, 2.24) is 10.5 Å². The van der Waals surface area contributed by atoms with Gasteiger partial charge in [0.2, 0.25) is 5.92 Å². The maximum absolute atomic E-state index is 13.3. The SMILES string of the molecule is CC(F)(F)CCc1ccc(-c2ccc(S(=O)(=O)C3(C(=O)NO)CCOCC3)cc2)nc1.Cl. The van der Waals surface area contributed by atoms with Crippen LogP contribution in [-0.4, -0.2) is 48.4 Å². The molecule has 0 bridgehead atoms. The first-order chi connectivity index (χ1) is 14.6. The van der Waals surface area contributed by atoms with Crippen molar-refractivity contribution in [3.63, 3.8) is 0 Å². The summed E-state index contributed by atoms with van der Waals surface area (Å²) >= 11 is 0. The molecule has 2 heterocycles. The maximum Gasteiger partial charge on any atom is 0.265 e. The van der Waals surface area contributed by atoms with E-state index in [1.54, 1.807) is 24.3 Å². The van der Waals surface area contributed by atoms with E-state index in [-0.39, 0.29) is 56.2 Å². The summed E-state index contributed by atoms with van der Waals surface area (Å²) in [5.41, 5.74) is 3.36. The number of hydrogen-bond donors (Lipinski definition) is 2. The van der Waals surface area contributed by atoms with Gasteiger partial charge in [-0.1, -0.05) is 18.2 Å². The first kappa shape index (κ1) is 26.1. The average molecular weight is 491 g/mol. The first-order valence-electron chi connectivity index (χ1n) is 9.79. The fourth-order valence-electron chi connectivity index (χ4n) is 3.56. The number of amides is 1. The number of aryl methyl sites for hydroxylation is 1. The number of halogens is 3. The lowest BCUT2D eigenvalue weighted by atomic mass is 9.98. The Bertz CT molecular complexity index is 1020. The Balaban J connectivity index is 0.00000363. The highest BCUT2D eigenvalue weighted by molar-refractivity contribution is 7.93. The quantitative estimate of drug-likeness (QED) is 0.454. The minimum Gasteiger partial charge on any atom is -0.381 e. The van der Waals surface area contributed by atoms with Gasteiger partial charge in [-0.3, -0.25) is 15.0 Å². The predicted molar refractivity (Wildman–Crippen MR) is 116 cm³/mol. The van der Waals surface area contributed by atoms with Gasteiger partial charge in [0.25, 0.3) is 5.91 Å². The lowest BCUT2D eigenvalue weighted by molar-refractivity contribution is -0.134. The zero-order valence-corrected chi connectivity index (χ0v) is 19.0. The number of hydroxylamine groups is 1. The molecule has 32 heavy (non-hydrogen) atoms. The highest BCUT2D eigenvalue weighted by Crippen LogP contribution is 2.36. The van der Waals surface area contributed by atoms with Crippen molar-refractivity contribution >= 4 is 28.2 Å². The highest BCUT2D eigenvalue weighted by Gasteiger charge is 2.52. The van der Waals surface area contributed by atoms with Gasteiger partial charge in [0.15, 0.2) is 14.6 Å². The molecule has 11 heteroatoms. The molecule has 0 radical (unpaired) electrons. The molecule has 0 aliphatic carbocycles. The van der Waals surface area contributed by atoms with E-state index in [0.717, 1.165) is 6.92 Å². The van der Waals surface area contributed by atoms with E-state index in [4.69, 9.17) is 9.94 Å². The van der Waals surface area contributed by atoms with Crippen LogP contribution in [-0.2, 0) is 25.8 Å². The Hall–Kier alpha value is -2.14. The van der Waals surface area contributed by atoms with Crippen molar-refractivity contribution in [3.8, 4) is 11.3 Å². The van der Waals surface area contributed by atoms with Crippen molar-refractivity contribution in [3.05, 3.63) is 48.2 Å². The number of pyridine rings is 1. The molecule has 2 N–H and O–H groups in total. The van der Waals surface area contributed by atoms with Crippen LogP contribution in [0.15, 0.2) is 47.5 Å². The molecule has 3 rings (SSSR count). The third kappa shape index (κ3) is 5.43. The summed E-state index contributed by atoms with van der Waals surface area (Å²) in [6.07, 6.45) is 1.32. The second-order valence-corrected chi connectivity index (χ2v) is 9.96. The molecule has 1 saturated heterocycles. The Kier molecular flexibility index (Phi) is 8.33. The minimum atomic E-state index is -4.11. The molecule has 0 atom stereocenters. The number of nitrogens with one attached hydrogen (secondary N) is 1. The molecular formula is C21H25ClF2N2O5S. The fraction of sp³-hybridized carbons (Fsp3) is 0.429. The van der Waals surface area contributed by atoms with Gasteiger partial charge in [-0.15, -0.1) is 12.4 Å². The summed E-state index contributed by atoms with van der Waals surface area (Å²) in [7, 11) is -4.11. The average Bonchev–Trinajstić information content (AvgIpc) is 2.77. The molecule has 176 valence electrons. The zero-order valence-electron chi connectivity index (χ0n) is 17.4. The molecule has 1 aliphatic rings. The summed E-state index contributed by atoms with van der Waals surface area (Å²) in [5.74, 6) is -3.72. The van der Waals surface area contributed by atoms with Crippen LogP contribution in [0.1, 0.15) is 31.7 Å². The number of benzene rings is 1. The molecular weight excluding hydrogens is 466 g/mol. The van der Waals surface area contributed by atoms with E-state index < -0.39 is 26.4 Å². The van der Waals surface area contributed by atoms with Gasteiger partial charge in [-0.05, 0) is 49.9 Å². The lowest BCUT2D eigenvalue weighted by Gasteiger charge is -2.34. The van der Waals surface area contributed by atoms with Crippen LogP contribution in [0.5, 0.6) is 0 Å². The van der Waals surface area contributed by atoms with Crippen LogP contribution in [0.4, 0.5) is 8.78 Å². The maximum atomic E-state index is 13.3. The number of carbonyl (C=O) groups is 1. The van der Waals surface area contributed by atoms with Crippen LogP contribution in [0.25, 0.3) is 11.3 Å². The molecule has 1 aliphatic heterocycles. The summed E-state index contributed by atoms with van der Waals surface area (Å²) in [4.78, 5) is 16.5. The van der Waals surface area contributed by atoms with Crippen molar-refractivity contribution in [1.29, 1.82) is 0 Å². The molecule has 0 saturated carbocycles. The number of alkyl halides is 2. The van der Waals surface area contributed by atoms with E-state index in [1.807, 2.05) is 0 Å². The van der Waals surface area contributed by atoms with Crippen LogP contribution < -0.4 is 5.48 Å². The Morgan fingerprint density at radius 1 is 1.19 bits per heavy atom. The predicted octanol–water partition coefficient (Wildman–Crippen LogP) is 3.59. The first-order valence-corrected chi connectivity index (χ1v) is 11.3. The van der Waals surface area contributed by atoms with Gasteiger partial charge in [0.1, 0.15) is 0 Å². The second kappa shape index (κ2) is 10.2. The van der Waals surface area contributed by atoms with Gasteiger partial charge in [-0.25, -0.2) is 22.7 Å². The monoisotopic (exact) mass is 490 g/mol. The Morgan fingerprint density at radius 3 is 2.31 bits per heavy atom. The van der Waals surface area contributed by atoms with Crippen molar-refractivity contribution in [2.75, 3.05) is 13.2 Å². The van der Waals surface area contributed by atoms with Crippen LogP contribution >= 0.6 is 12.4 Å². The van der Waals surface area contributed by atoms with E-state index in [1.165, 1.54) is 23.8 Å². The zero-order chi connectivity index (χ0) is 22.7. The summed E-state index contributed by atoms with van der Waals surface area (Å²) in [5, 5.41) is 9.11. The van der Waals surface area contributed by atoms with E-state index >= 15 is 0 Å². The third-order valence-corrected chi connectivity index (χ3v) is 7.98. The molecule has 2 aromatic rings. The summed E-state index contributed by atoms with van der Waals surface area (Å²) < 4.78 is 55.9. The van der Waals surface area contributed by atoms with Gasteiger partial charge in [-0.2, -0.15) is 0 Å². The van der Waals surface area contributed by atoms with Crippen LogP contribution in [0.3, 0.4) is 0 Å². The molecule has 0 unspecified atom stereocenters. The Labute approximate surface area is 191 Å². The third-order valence-electron chi connectivity index (χ3n) is 5.47. The highest BCUT2D eigenvalue weighted by atomic mass is 35.5. The van der Waals surface area contributed by atoms with Gasteiger partial charge in [0.05, 0.1) is 10.6 Å². The molecule has 1 aromatic carbocycles. The van der Waals surface area contributed by atoms with Gasteiger partial charge >= 0.3 is 0 Å². The molecule has 0 spiro atoms. The van der Waals surface area contributed by atoms with Crippen molar-refractivity contribution < 1.29 is 31.9 Å². The Morgan fingerprint density at radius 2 is 1.81 bits per heavy atom. The number of sulfone groups is 1. The summed E-state index contributed by atoms with van der Waals surface area (Å²) in [6, 6.07) is 9.31. The number of carbonyl (C=O) groups excluding carboxylic acids is 1. The van der Waals surface area contributed by atoms with E-state index in [2.05, 4.69) is 4.98 Å². The fourth-order valence-corrected chi connectivity index (χ4v) is 5.50. The molecule has 1 amide bonds.